The highest BCUT2D eigenvalue weighted by atomic mass is 32.1. The Hall–Kier alpha value is -4.00. The molecule has 0 fully saturated rings. The molecule has 0 bridgehead atoms. The summed E-state index contributed by atoms with van der Waals surface area (Å²) in [6, 6.07) is 6.68. The van der Waals surface area contributed by atoms with Gasteiger partial charge >= 0.3 is 12.3 Å². The van der Waals surface area contributed by atoms with Crippen LogP contribution in [-0.2, 0) is 17.8 Å². The van der Waals surface area contributed by atoms with Crippen molar-refractivity contribution in [2.75, 3.05) is 16.0 Å². The molecule has 10 nitrogen and oxygen atoms in total. The van der Waals surface area contributed by atoms with Crippen molar-refractivity contribution in [1.82, 2.24) is 9.97 Å². The van der Waals surface area contributed by atoms with E-state index in [9.17, 15) is 18.4 Å². The molecule has 0 radical (unpaired) electrons. The van der Waals surface area contributed by atoms with Crippen molar-refractivity contribution in [2.24, 2.45) is 5.73 Å². The number of fused-ring (bicyclic) bond motifs is 1. The predicted molar refractivity (Wildman–Crippen MR) is 112 cm³/mol. The van der Waals surface area contributed by atoms with Crippen LogP contribution in [-0.4, -0.2) is 28.2 Å². The van der Waals surface area contributed by atoms with Gasteiger partial charge in [-0.1, -0.05) is 0 Å². The average Bonchev–Trinajstić information content (AvgIpc) is 3.27. The highest BCUT2D eigenvalue weighted by Gasteiger charge is 2.43. The molecule has 32 heavy (non-hydrogen) atoms. The number of benzene rings is 1. The van der Waals surface area contributed by atoms with Gasteiger partial charge < -0.3 is 25.8 Å². The summed E-state index contributed by atoms with van der Waals surface area (Å²) in [6.45, 7) is 0.366. The third-order valence-corrected chi connectivity index (χ3v) is 5.02. The van der Waals surface area contributed by atoms with E-state index < -0.39 is 12.3 Å². The van der Waals surface area contributed by atoms with Gasteiger partial charge in [0.15, 0.2) is 11.5 Å². The number of nitrogens with two attached hydrogens (primary N) is 1. The van der Waals surface area contributed by atoms with Crippen molar-refractivity contribution in [3.8, 4) is 11.5 Å². The Morgan fingerprint density at radius 2 is 1.91 bits per heavy atom. The molecule has 3 heterocycles. The van der Waals surface area contributed by atoms with Gasteiger partial charge in [-0.25, -0.2) is 14.8 Å². The number of hydrogen-bond acceptors (Lipinski definition) is 8. The molecule has 1 aliphatic heterocycles. The molecule has 0 aliphatic carbocycles. The molecule has 0 saturated heterocycles. The zero-order chi connectivity index (χ0) is 22.7. The minimum Gasteiger partial charge on any atom is -0.395 e. The molecule has 1 aromatic carbocycles. The molecule has 166 valence electrons. The van der Waals surface area contributed by atoms with Crippen molar-refractivity contribution in [2.45, 2.75) is 19.3 Å². The summed E-state index contributed by atoms with van der Waals surface area (Å²) in [5, 5.41) is 8.16. The number of ether oxygens (including phenoxy) is 2. The van der Waals surface area contributed by atoms with Crippen LogP contribution >= 0.6 is 11.3 Å². The molecule has 4 rings (SSSR count). The van der Waals surface area contributed by atoms with Gasteiger partial charge in [0.25, 0.3) is 0 Å². The number of anilines is 3. The zero-order valence-corrected chi connectivity index (χ0v) is 17.0. The number of halogens is 2. The summed E-state index contributed by atoms with van der Waals surface area (Å²) in [7, 11) is 0. The molecule has 5 N–H and O–H groups in total. The van der Waals surface area contributed by atoms with Crippen molar-refractivity contribution in [1.29, 1.82) is 0 Å². The van der Waals surface area contributed by atoms with E-state index in [-0.39, 0.29) is 23.8 Å². The number of thiazole rings is 1. The van der Waals surface area contributed by atoms with Crippen LogP contribution in [0.4, 0.5) is 30.9 Å². The summed E-state index contributed by atoms with van der Waals surface area (Å²) in [6.07, 6.45) is -2.18. The average molecular weight is 462 g/mol. The van der Waals surface area contributed by atoms with E-state index in [1.54, 1.807) is 17.6 Å². The summed E-state index contributed by atoms with van der Waals surface area (Å²) < 4.78 is 35.0. The predicted octanol–water partition coefficient (Wildman–Crippen LogP) is 3.14. The molecule has 1 aliphatic rings. The van der Waals surface area contributed by atoms with Gasteiger partial charge in [-0.3, -0.25) is 10.1 Å². The molecule has 13 heteroatoms. The second-order valence-electron chi connectivity index (χ2n) is 6.57. The molecule has 3 amide bonds. The van der Waals surface area contributed by atoms with E-state index in [1.807, 2.05) is 0 Å². The Kier molecular flexibility index (Phi) is 5.73. The van der Waals surface area contributed by atoms with Crippen LogP contribution in [0.3, 0.4) is 0 Å². The Balaban J connectivity index is 1.35. The van der Waals surface area contributed by atoms with E-state index in [0.29, 0.717) is 28.7 Å². The molecule has 0 spiro atoms. The van der Waals surface area contributed by atoms with Gasteiger partial charge in [-0.05, 0) is 29.8 Å². The number of urea groups is 1. The fourth-order valence-electron chi connectivity index (χ4n) is 2.88. The fraction of sp³-hybridized carbons (Fsp3) is 0.158. The van der Waals surface area contributed by atoms with Crippen LogP contribution in [0.1, 0.15) is 10.4 Å². The topological polar surface area (TPSA) is 140 Å². The smallest absolute Gasteiger partial charge is 0.395 e. The van der Waals surface area contributed by atoms with Gasteiger partial charge in [0.05, 0.1) is 16.8 Å². The Bertz CT molecular complexity index is 1170. The highest BCUT2D eigenvalue weighted by molar-refractivity contribution is 7.10. The fourth-order valence-corrected chi connectivity index (χ4v) is 3.62. The van der Waals surface area contributed by atoms with E-state index in [4.69, 9.17) is 5.73 Å². The van der Waals surface area contributed by atoms with Crippen LogP contribution < -0.4 is 31.2 Å². The maximum atomic E-state index is 13.1. The number of hydrogen-bond donors (Lipinski definition) is 4. The van der Waals surface area contributed by atoms with Crippen LogP contribution in [0.25, 0.3) is 0 Å². The lowest BCUT2D eigenvalue weighted by atomic mass is 10.2. The number of nitrogens with zero attached hydrogens (tertiary/aromatic N) is 2. The summed E-state index contributed by atoms with van der Waals surface area (Å²) in [5.74, 6) is 0.218. The largest absolute Gasteiger partial charge is 0.586 e. The SMILES string of the molecule is NC(=O)Nc1cc(CNc2ncsc2CC(=O)Nc2ccc3c(c2)OC(F)(F)O3)ccn1. The summed E-state index contributed by atoms with van der Waals surface area (Å²) >= 11 is 1.29. The van der Waals surface area contributed by atoms with E-state index in [0.717, 1.165) is 5.56 Å². The second kappa shape index (κ2) is 8.63. The minimum atomic E-state index is -3.72. The van der Waals surface area contributed by atoms with E-state index >= 15 is 0 Å². The molecular weight excluding hydrogens is 446 g/mol. The molecule has 3 aromatic rings. The monoisotopic (exact) mass is 462 g/mol. The minimum absolute atomic E-state index is 0.0163. The van der Waals surface area contributed by atoms with Crippen LogP contribution in [0.15, 0.2) is 42.0 Å². The van der Waals surface area contributed by atoms with Crippen molar-refractivity contribution in [3.63, 3.8) is 0 Å². The number of alkyl halides is 2. The Labute approximate surface area is 183 Å². The molecule has 2 aromatic heterocycles. The van der Waals surface area contributed by atoms with Gasteiger partial charge in [0, 0.05) is 24.5 Å². The number of carbonyl (C=O) groups excluding carboxylic acids is 2. The van der Waals surface area contributed by atoms with Gasteiger partial charge in [0.2, 0.25) is 5.91 Å². The maximum absolute atomic E-state index is 13.1. The van der Waals surface area contributed by atoms with Crippen LogP contribution in [0.2, 0.25) is 0 Å². The lowest BCUT2D eigenvalue weighted by Gasteiger charge is -2.09. The number of pyridine rings is 1. The first kappa shape index (κ1) is 21.2. The zero-order valence-electron chi connectivity index (χ0n) is 16.2. The number of amides is 3. The first-order chi connectivity index (χ1) is 15.3. The second-order valence-corrected chi connectivity index (χ2v) is 7.51. The first-order valence-electron chi connectivity index (χ1n) is 9.15. The van der Waals surface area contributed by atoms with E-state index in [1.165, 1.54) is 35.7 Å². The number of nitrogens with one attached hydrogen (secondary N) is 3. The Morgan fingerprint density at radius 1 is 1.09 bits per heavy atom. The molecule has 0 atom stereocenters. The number of aromatic nitrogens is 2. The summed E-state index contributed by atoms with van der Waals surface area (Å²) in [5.41, 5.74) is 7.79. The number of carbonyl (C=O) groups is 2. The van der Waals surface area contributed by atoms with Crippen molar-refractivity contribution in [3.05, 3.63) is 52.5 Å². The molecular formula is C19H16F2N6O4S. The normalized spacial score (nSPS) is 13.4. The maximum Gasteiger partial charge on any atom is 0.586 e. The van der Waals surface area contributed by atoms with Gasteiger partial charge in [0.1, 0.15) is 11.6 Å². The Morgan fingerprint density at radius 3 is 2.72 bits per heavy atom. The van der Waals surface area contributed by atoms with Crippen LogP contribution in [0, 0.1) is 0 Å². The van der Waals surface area contributed by atoms with E-state index in [2.05, 4.69) is 35.4 Å². The third kappa shape index (κ3) is 5.18. The van der Waals surface area contributed by atoms with Gasteiger partial charge in [-0.15, -0.1) is 20.1 Å². The molecule has 0 saturated carbocycles. The van der Waals surface area contributed by atoms with Crippen molar-refractivity contribution < 1.29 is 27.8 Å². The number of primary amides is 1. The highest BCUT2D eigenvalue weighted by Crippen LogP contribution is 2.42. The summed E-state index contributed by atoms with van der Waals surface area (Å²) in [4.78, 5) is 32.3. The van der Waals surface area contributed by atoms with Crippen LogP contribution in [0.5, 0.6) is 11.5 Å². The molecule has 0 unspecified atom stereocenters. The van der Waals surface area contributed by atoms with Gasteiger partial charge in [-0.2, -0.15) is 0 Å². The van der Waals surface area contributed by atoms with Crippen molar-refractivity contribution >= 4 is 40.6 Å². The lowest BCUT2D eigenvalue weighted by Crippen LogP contribution is -2.25. The number of rotatable bonds is 7. The standard InChI is InChI=1S/C19H16F2N6O4S/c20-19(21)30-12-2-1-11(6-13(12)31-19)26-16(28)7-14-17(25-9-32-14)24-8-10-3-4-23-15(5-10)27-18(22)29/h1-6,9,24H,7-8H2,(H,26,28)(H3,22,23,27,29). The lowest BCUT2D eigenvalue weighted by molar-refractivity contribution is -0.286. The quantitative estimate of drug-likeness (QED) is 0.423. The third-order valence-electron chi connectivity index (χ3n) is 4.18. The first-order valence-corrected chi connectivity index (χ1v) is 10.0.